The summed E-state index contributed by atoms with van der Waals surface area (Å²) in [4.78, 5) is 13.1. The van der Waals surface area contributed by atoms with E-state index in [2.05, 4.69) is 47.0 Å². The Kier molecular flexibility index (Phi) is 2.30. The molecule has 90 valence electrons. The quantitative estimate of drug-likeness (QED) is 0.762. The maximum absolute atomic E-state index is 4.49. The van der Waals surface area contributed by atoms with Crippen LogP contribution in [0.1, 0.15) is 25.2 Å². The van der Waals surface area contributed by atoms with Gasteiger partial charge in [-0.1, -0.05) is 26.0 Å². The second kappa shape index (κ2) is 3.73. The number of hydrogen-bond acceptors (Lipinski definition) is 3. The van der Waals surface area contributed by atoms with E-state index in [-0.39, 0.29) is 5.41 Å². The van der Waals surface area contributed by atoms with Crippen molar-refractivity contribution in [2.45, 2.75) is 26.2 Å². The van der Waals surface area contributed by atoms with Gasteiger partial charge in [0.2, 0.25) is 0 Å². The SMILES string of the molecule is Cc1nccc(-c2ccc3c(c2)N=CC3(C)C)n1. The Morgan fingerprint density at radius 1 is 1.11 bits per heavy atom. The molecule has 2 aromatic rings. The standard InChI is InChI=1S/C15H15N3/c1-10-16-7-6-13(18-10)11-4-5-12-14(8-11)17-9-15(12,2)3/h4-9H,1-3H3. The molecule has 0 fully saturated rings. The molecule has 0 bridgehead atoms. The molecule has 0 atom stereocenters. The highest BCUT2D eigenvalue weighted by Crippen LogP contribution is 2.38. The lowest BCUT2D eigenvalue weighted by Crippen LogP contribution is -2.14. The largest absolute Gasteiger partial charge is 0.260 e. The molecule has 0 amide bonds. The maximum atomic E-state index is 4.49. The summed E-state index contributed by atoms with van der Waals surface area (Å²) in [6, 6.07) is 8.28. The predicted octanol–water partition coefficient (Wildman–Crippen LogP) is 3.45. The van der Waals surface area contributed by atoms with Gasteiger partial charge >= 0.3 is 0 Å². The van der Waals surface area contributed by atoms with Crippen molar-refractivity contribution < 1.29 is 0 Å². The van der Waals surface area contributed by atoms with Gasteiger partial charge < -0.3 is 0 Å². The number of fused-ring (bicyclic) bond motifs is 1. The number of nitrogens with zero attached hydrogens (tertiary/aromatic N) is 3. The summed E-state index contributed by atoms with van der Waals surface area (Å²) in [5.41, 5.74) is 4.40. The van der Waals surface area contributed by atoms with Gasteiger partial charge in [0.05, 0.1) is 11.4 Å². The molecule has 0 radical (unpaired) electrons. The molecule has 3 heteroatoms. The first-order valence-electron chi connectivity index (χ1n) is 6.06. The van der Waals surface area contributed by atoms with Crippen LogP contribution in [-0.2, 0) is 5.41 Å². The van der Waals surface area contributed by atoms with Crippen LogP contribution in [0.3, 0.4) is 0 Å². The Labute approximate surface area is 107 Å². The minimum atomic E-state index is 0.0372. The lowest BCUT2D eigenvalue weighted by molar-refractivity contribution is 0.753. The van der Waals surface area contributed by atoms with Gasteiger partial charge in [-0.3, -0.25) is 4.99 Å². The second-order valence-corrected chi connectivity index (χ2v) is 5.20. The third kappa shape index (κ3) is 1.72. The van der Waals surface area contributed by atoms with Gasteiger partial charge in [0, 0.05) is 23.4 Å². The Hall–Kier alpha value is -2.03. The van der Waals surface area contributed by atoms with Crippen LogP contribution in [0, 0.1) is 6.92 Å². The van der Waals surface area contributed by atoms with Crippen molar-refractivity contribution in [1.29, 1.82) is 0 Å². The fourth-order valence-electron chi connectivity index (χ4n) is 2.26. The Bertz CT molecular complexity index is 642. The van der Waals surface area contributed by atoms with Crippen molar-refractivity contribution in [2.24, 2.45) is 4.99 Å². The fourth-order valence-corrected chi connectivity index (χ4v) is 2.26. The van der Waals surface area contributed by atoms with Crippen LogP contribution in [0.2, 0.25) is 0 Å². The van der Waals surface area contributed by atoms with E-state index in [1.165, 1.54) is 5.56 Å². The summed E-state index contributed by atoms with van der Waals surface area (Å²) < 4.78 is 0. The van der Waals surface area contributed by atoms with E-state index in [0.717, 1.165) is 22.8 Å². The first-order chi connectivity index (χ1) is 8.56. The molecular formula is C15H15N3. The third-order valence-corrected chi connectivity index (χ3v) is 3.29. The van der Waals surface area contributed by atoms with Crippen molar-refractivity contribution in [3.05, 3.63) is 41.9 Å². The van der Waals surface area contributed by atoms with E-state index in [4.69, 9.17) is 0 Å². The molecule has 0 aliphatic carbocycles. The molecule has 1 aliphatic rings. The lowest BCUT2D eigenvalue weighted by atomic mass is 9.86. The molecule has 1 aromatic heterocycles. The van der Waals surface area contributed by atoms with E-state index in [1.54, 1.807) is 6.20 Å². The van der Waals surface area contributed by atoms with Gasteiger partial charge in [0.15, 0.2) is 0 Å². The predicted molar refractivity (Wildman–Crippen MR) is 73.4 cm³/mol. The molecule has 3 rings (SSSR count). The molecule has 0 N–H and O–H groups in total. The van der Waals surface area contributed by atoms with Crippen LogP contribution in [0.15, 0.2) is 35.5 Å². The van der Waals surface area contributed by atoms with Gasteiger partial charge in [-0.05, 0) is 24.6 Å². The minimum Gasteiger partial charge on any atom is -0.260 e. The zero-order chi connectivity index (χ0) is 12.8. The molecule has 0 spiro atoms. The summed E-state index contributed by atoms with van der Waals surface area (Å²) in [6.07, 6.45) is 3.80. The van der Waals surface area contributed by atoms with Gasteiger partial charge in [-0.15, -0.1) is 0 Å². The highest BCUT2D eigenvalue weighted by atomic mass is 14.9. The number of hydrogen-bond donors (Lipinski definition) is 0. The summed E-state index contributed by atoms with van der Waals surface area (Å²) in [5, 5.41) is 0. The van der Waals surface area contributed by atoms with E-state index in [9.17, 15) is 0 Å². The summed E-state index contributed by atoms with van der Waals surface area (Å²) in [5.74, 6) is 0.789. The average Bonchev–Trinajstić information content (AvgIpc) is 2.65. The first kappa shape index (κ1) is 11.1. The van der Waals surface area contributed by atoms with Crippen LogP contribution in [0.5, 0.6) is 0 Å². The van der Waals surface area contributed by atoms with Gasteiger partial charge in [0.25, 0.3) is 0 Å². The van der Waals surface area contributed by atoms with E-state index in [1.807, 2.05) is 19.2 Å². The molecule has 0 saturated heterocycles. The number of aryl methyl sites for hydroxylation is 1. The van der Waals surface area contributed by atoms with E-state index in [0.29, 0.717) is 0 Å². The van der Waals surface area contributed by atoms with Crippen molar-refractivity contribution >= 4 is 11.9 Å². The number of aliphatic imine (C=N–C) groups is 1. The molecule has 3 nitrogen and oxygen atoms in total. The smallest absolute Gasteiger partial charge is 0.125 e. The van der Waals surface area contributed by atoms with Crippen molar-refractivity contribution in [2.75, 3.05) is 0 Å². The molecule has 1 aromatic carbocycles. The first-order valence-corrected chi connectivity index (χ1v) is 6.06. The zero-order valence-corrected chi connectivity index (χ0v) is 10.8. The van der Waals surface area contributed by atoms with E-state index < -0.39 is 0 Å². The lowest BCUT2D eigenvalue weighted by Gasteiger charge is -2.15. The molecule has 0 saturated carbocycles. The summed E-state index contributed by atoms with van der Waals surface area (Å²) >= 11 is 0. The van der Waals surface area contributed by atoms with Crippen LogP contribution < -0.4 is 0 Å². The number of benzene rings is 1. The molecule has 1 aliphatic heterocycles. The Balaban J connectivity index is 2.10. The zero-order valence-electron chi connectivity index (χ0n) is 10.8. The average molecular weight is 237 g/mol. The number of aromatic nitrogens is 2. The molecule has 2 heterocycles. The third-order valence-electron chi connectivity index (χ3n) is 3.29. The van der Waals surface area contributed by atoms with Gasteiger partial charge in [-0.25, -0.2) is 9.97 Å². The summed E-state index contributed by atoms with van der Waals surface area (Å²) in [6.45, 7) is 6.26. The van der Waals surface area contributed by atoms with Crippen LogP contribution in [-0.4, -0.2) is 16.2 Å². The van der Waals surface area contributed by atoms with Crippen LogP contribution in [0.4, 0.5) is 5.69 Å². The monoisotopic (exact) mass is 237 g/mol. The van der Waals surface area contributed by atoms with Crippen LogP contribution in [0.25, 0.3) is 11.3 Å². The topological polar surface area (TPSA) is 38.1 Å². The molecule has 18 heavy (non-hydrogen) atoms. The fraction of sp³-hybridized carbons (Fsp3) is 0.267. The minimum absolute atomic E-state index is 0.0372. The van der Waals surface area contributed by atoms with Gasteiger partial charge in [0.1, 0.15) is 5.82 Å². The molecular weight excluding hydrogens is 222 g/mol. The van der Waals surface area contributed by atoms with Crippen molar-refractivity contribution in [3.63, 3.8) is 0 Å². The highest BCUT2D eigenvalue weighted by molar-refractivity contribution is 5.85. The van der Waals surface area contributed by atoms with Crippen molar-refractivity contribution in [1.82, 2.24) is 9.97 Å². The van der Waals surface area contributed by atoms with E-state index >= 15 is 0 Å². The Morgan fingerprint density at radius 2 is 1.94 bits per heavy atom. The maximum Gasteiger partial charge on any atom is 0.125 e. The summed E-state index contributed by atoms with van der Waals surface area (Å²) in [7, 11) is 0. The van der Waals surface area contributed by atoms with Crippen molar-refractivity contribution in [3.8, 4) is 11.3 Å². The second-order valence-electron chi connectivity index (χ2n) is 5.20. The number of rotatable bonds is 1. The highest BCUT2D eigenvalue weighted by Gasteiger charge is 2.26. The molecule has 0 unspecified atom stereocenters. The Morgan fingerprint density at radius 3 is 2.72 bits per heavy atom. The normalized spacial score (nSPS) is 15.7. The van der Waals surface area contributed by atoms with Crippen LogP contribution >= 0.6 is 0 Å². The van der Waals surface area contributed by atoms with Gasteiger partial charge in [-0.2, -0.15) is 0 Å².